The monoisotopic (exact) mass is 305 g/mol. The SMILES string of the molecule is Cc1ccc(-c2nc(SC(C)C(=O)NC(N)=O)n[nH]2)cc1. The molecule has 0 aliphatic heterocycles. The number of thioether (sulfide) groups is 1. The van der Waals surface area contributed by atoms with Crippen molar-refractivity contribution in [1.29, 1.82) is 0 Å². The summed E-state index contributed by atoms with van der Waals surface area (Å²) in [4.78, 5) is 26.5. The molecule has 0 aliphatic rings. The Morgan fingerprint density at radius 3 is 2.62 bits per heavy atom. The van der Waals surface area contributed by atoms with Crippen molar-refractivity contribution in [3.8, 4) is 11.4 Å². The third kappa shape index (κ3) is 4.06. The predicted molar refractivity (Wildman–Crippen MR) is 79.6 cm³/mol. The quantitative estimate of drug-likeness (QED) is 0.740. The summed E-state index contributed by atoms with van der Waals surface area (Å²) in [5.74, 6) is 0.147. The number of primary amides is 1. The van der Waals surface area contributed by atoms with Crippen molar-refractivity contribution in [2.45, 2.75) is 24.3 Å². The molecule has 0 saturated carbocycles. The van der Waals surface area contributed by atoms with Crippen LogP contribution in [0.25, 0.3) is 11.4 Å². The number of aromatic nitrogens is 3. The molecule has 1 atom stereocenters. The van der Waals surface area contributed by atoms with E-state index >= 15 is 0 Å². The summed E-state index contributed by atoms with van der Waals surface area (Å²) in [6.07, 6.45) is 0. The Morgan fingerprint density at radius 2 is 2.00 bits per heavy atom. The fourth-order valence-corrected chi connectivity index (χ4v) is 2.30. The van der Waals surface area contributed by atoms with Crippen LogP contribution in [0.2, 0.25) is 0 Å². The summed E-state index contributed by atoms with van der Waals surface area (Å²) >= 11 is 1.14. The number of imide groups is 1. The largest absolute Gasteiger partial charge is 0.351 e. The fourth-order valence-electron chi connectivity index (χ4n) is 1.57. The molecule has 110 valence electrons. The maximum atomic E-state index is 11.6. The second-order valence-electron chi connectivity index (χ2n) is 4.45. The molecular weight excluding hydrogens is 290 g/mol. The molecule has 2 aromatic rings. The first-order valence-electron chi connectivity index (χ1n) is 6.22. The number of benzene rings is 1. The summed E-state index contributed by atoms with van der Waals surface area (Å²) in [5, 5.41) is 8.79. The highest BCUT2D eigenvalue weighted by molar-refractivity contribution is 8.00. The van der Waals surface area contributed by atoms with Gasteiger partial charge < -0.3 is 5.73 Å². The maximum absolute atomic E-state index is 11.6. The second-order valence-corrected chi connectivity index (χ2v) is 5.75. The van der Waals surface area contributed by atoms with Gasteiger partial charge in [0.25, 0.3) is 0 Å². The van der Waals surface area contributed by atoms with E-state index in [1.807, 2.05) is 36.5 Å². The lowest BCUT2D eigenvalue weighted by Crippen LogP contribution is -2.39. The number of H-pyrrole nitrogens is 1. The molecule has 0 fully saturated rings. The number of nitrogens with zero attached hydrogens (tertiary/aromatic N) is 2. The van der Waals surface area contributed by atoms with Gasteiger partial charge in [0, 0.05) is 5.56 Å². The third-order valence-electron chi connectivity index (χ3n) is 2.69. The van der Waals surface area contributed by atoms with Crippen molar-refractivity contribution in [2.24, 2.45) is 5.73 Å². The Kier molecular flexibility index (Phi) is 4.59. The zero-order valence-electron chi connectivity index (χ0n) is 11.6. The Bertz CT molecular complexity index is 653. The van der Waals surface area contributed by atoms with Crippen molar-refractivity contribution >= 4 is 23.7 Å². The second kappa shape index (κ2) is 6.40. The molecule has 1 aromatic carbocycles. The van der Waals surface area contributed by atoms with E-state index in [1.165, 1.54) is 0 Å². The lowest BCUT2D eigenvalue weighted by molar-refractivity contribution is -0.119. The van der Waals surface area contributed by atoms with Crippen molar-refractivity contribution in [3.05, 3.63) is 29.8 Å². The van der Waals surface area contributed by atoms with Gasteiger partial charge in [-0.05, 0) is 13.8 Å². The van der Waals surface area contributed by atoms with E-state index in [1.54, 1.807) is 6.92 Å². The number of aryl methyl sites for hydroxylation is 1. The van der Waals surface area contributed by atoms with Gasteiger partial charge in [-0.2, -0.15) is 0 Å². The van der Waals surface area contributed by atoms with Crippen LogP contribution in [0.5, 0.6) is 0 Å². The highest BCUT2D eigenvalue weighted by Gasteiger charge is 2.18. The fraction of sp³-hybridized carbons (Fsp3) is 0.231. The van der Waals surface area contributed by atoms with Gasteiger partial charge in [0.2, 0.25) is 11.1 Å². The number of carbonyl (C=O) groups excluding carboxylic acids is 2. The number of hydrogen-bond acceptors (Lipinski definition) is 5. The van der Waals surface area contributed by atoms with Crippen molar-refractivity contribution in [2.75, 3.05) is 0 Å². The summed E-state index contributed by atoms with van der Waals surface area (Å²) in [6.45, 7) is 3.65. The van der Waals surface area contributed by atoms with Crippen molar-refractivity contribution in [1.82, 2.24) is 20.5 Å². The third-order valence-corrected chi connectivity index (χ3v) is 3.65. The van der Waals surface area contributed by atoms with Crippen LogP contribution in [0.3, 0.4) is 0 Å². The average Bonchev–Trinajstić information content (AvgIpc) is 2.87. The summed E-state index contributed by atoms with van der Waals surface area (Å²) in [7, 11) is 0. The summed E-state index contributed by atoms with van der Waals surface area (Å²) < 4.78 is 0. The highest BCUT2D eigenvalue weighted by Crippen LogP contribution is 2.22. The molecule has 21 heavy (non-hydrogen) atoms. The topological polar surface area (TPSA) is 114 Å². The van der Waals surface area contributed by atoms with Gasteiger partial charge in [0.1, 0.15) is 0 Å². The van der Waals surface area contributed by atoms with Crippen LogP contribution in [-0.2, 0) is 4.79 Å². The van der Waals surface area contributed by atoms with Crippen LogP contribution in [0, 0.1) is 6.92 Å². The number of rotatable bonds is 4. The summed E-state index contributed by atoms with van der Waals surface area (Å²) in [6, 6.07) is 6.96. The zero-order chi connectivity index (χ0) is 15.4. The van der Waals surface area contributed by atoms with Gasteiger partial charge in [0.15, 0.2) is 5.82 Å². The molecule has 0 saturated heterocycles. The first-order valence-corrected chi connectivity index (χ1v) is 7.10. The van der Waals surface area contributed by atoms with E-state index in [2.05, 4.69) is 15.2 Å². The lowest BCUT2D eigenvalue weighted by Gasteiger charge is -2.06. The number of nitrogens with two attached hydrogens (primary N) is 1. The number of urea groups is 1. The summed E-state index contributed by atoms with van der Waals surface area (Å²) in [5.41, 5.74) is 6.97. The first kappa shape index (κ1) is 15.0. The van der Waals surface area contributed by atoms with Gasteiger partial charge in [-0.25, -0.2) is 9.78 Å². The Morgan fingerprint density at radius 1 is 1.33 bits per heavy atom. The number of carbonyl (C=O) groups is 2. The van der Waals surface area contributed by atoms with E-state index in [0.29, 0.717) is 11.0 Å². The standard InChI is InChI=1S/C13H15N5O2S/c1-7-3-5-9(6-4-7)10-15-13(18-17-10)21-8(2)11(19)16-12(14)20/h3-6,8H,1-2H3,(H,15,17,18)(H3,14,16,19,20). The Labute approximate surface area is 125 Å². The van der Waals surface area contributed by atoms with Crippen LogP contribution < -0.4 is 11.1 Å². The number of aromatic amines is 1. The molecule has 4 N–H and O–H groups in total. The molecule has 1 heterocycles. The van der Waals surface area contributed by atoms with Gasteiger partial charge in [-0.3, -0.25) is 15.2 Å². The van der Waals surface area contributed by atoms with E-state index in [-0.39, 0.29) is 0 Å². The van der Waals surface area contributed by atoms with Crippen LogP contribution in [0.1, 0.15) is 12.5 Å². The molecule has 8 heteroatoms. The number of nitrogens with one attached hydrogen (secondary N) is 2. The molecule has 0 bridgehead atoms. The first-order chi connectivity index (χ1) is 9.95. The van der Waals surface area contributed by atoms with Gasteiger partial charge in [-0.1, -0.05) is 41.6 Å². The highest BCUT2D eigenvalue weighted by atomic mass is 32.2. The number of hydrogen-bond donors (Lipinski definition) is 3. The zero-order valence-corrected chi connectivity index (χ0v) is 12.4. The molecule has 0 aliphatic carbocycles. The van der Waals surface area contributed by atoms with Gasteiger partial charge >= 0.3 is 6.03 Å². The van der Waals surface area contributed by atoms with Gasteiger partial charge in [0.05, 0.1) is 5.25 Å². The Hall–Kier alpha value is -2.35. The van der Waals surface area contributed by atoms with Crippen LogP contribution in [0.4, 0.5) is 4.79 Å². The molecule has 7 nitrogen and oxygen atoms in total. The molecule has 2 rings (SSSR count). The van der Waals surface area contributed by atoms with Crippen molar-refractivity contribution < 1.29 is 9.59 Å². The minimum atomic E-state index is -0.872. The van der Waals surface area contributed by atoms with Crippen LogP contribution in [-0.4, -0.2) is 32.4 Å². The van der Waals surface area contributed by atoms with E-state index < -0.39 is 17.2 Å². The maximum Gasteiger partial charge on any atom is 0.318 e. The van der Waals surface area contributed by atoms with Crippen molar-refractivity contribution in [3.63, 3.8) is 0 Å². The molecule has 1 aromatic heterocycles. The predicted octanol–water partition coefficient (Wildman–Crippen LogP) is 1.46. The van der Waals surface area contributed by atoms with Crippen LogP contribution in [0.15, 0.2) is 29.4 Å². The molecule has 3 amide bonds. The molecule has 1 unspecified atom stereocenters. The minimum absolute atomic E-state index is 0.428. The minimum Gasteiger partial charge on any atom is -0.351 e. The Balaban J connectivity index is 2.04. The van der Waals surface area contributed by atoms with E-state index in [0.717, 1.165) is 22.9 Å². The molecular formula is C13H15N5O2S. The smallest absolute Gasteiger partial charge is 0.318 e. The van der Waals surface area contributed by atoms with Crippen LogP contribution >= 0.6 is 11.8 Å². The van der Waals surface area contributed by atoms with E-state index in [4.69, 9.17) is 5.73 Å². The number of amides is 3. The molecule has 0 spiro atoms. The van der Waals surface area contributed by atoms with Gasteiger partial charge in [-0.15, -0.1) is 5.10 Å². The normalized spacial score (nSPS) is 11.9. The molecule has 0 radical (unpaired) electrons. The average molecular weight is 305 g/mol. The van der Waals surface area contributed by atoms with E-state index in [9.17, 15) is 9.59 Å². The lowest BCUT2D eigenvalue weighted by atomic mass is 10.1.